The first kappa shape index (κ1) is 27.4. The monoisotopic (exact) mass is 517 g/mol. The second-order valence-electron chi connectivity index (χ2n) is 7.35. The normalized spacial score (nSPS) is 11.0. The molecule has 0 spiro atoms. The number of aryl methyl sites for hydroxylation is 1. The van der Waals surface area contributed by atoms with Gasteiger partial charge in [-0.05, 0) is 45.0 Å². The summed E-state index contributed by atoms with van der Waals surface area (Å²) in [5.41, 5.74) is 1.44. The van der Waals surface area contributed by atoms with E-state index >= 15 is 0 Å². The van der Waals surface area contributed by atoms with Gasteiger partial charge in [0.25, 0.3) is 0 Å². The quantitative estimate of drug-likeness (QED) is 0.377. The lowest BCUT2D eigenvalue weighted by atomic mass is 10.2. The highest BCUT2D eigenvalue weighted by atomic mass is 35.5. The Balaban J connectivity index is 0.00000100. The van der Waals surface area contributed by atoms with Gasteiger partial charge in [-0.2, -0.15) is 13.2 Å². The van der Waals surface area contributed by atoms with Gasteiger partial charge in [0.1, 0.15) is 17.1 Å². The van der Waals surface area contributed by atoms with Gasteiger partial charge in [0.15, 0.2) is 0 Å². The van der Waals surface area contributed by atoms with Crippen molar-refractivity contribution in [3.63, 3.8) is 0 Å². The molecule has 0 atom stereocenters. The van der Waals surface area contributed by atoms with Gasteiger partial charge in [-0.15, -0.1) is 0 Å². The third kappa shape index (κ3) is 7.32. The zero-order valence-corrected chi connectivity index (χ0v) is 19.3. The van der Waals surface area contributed by atoms with E-state index in [-0.39, 0.29) is 22.2 Å². The molecule has 3 N–H and O–H groups in total. The number of quaternary nitrogens is 1. The highest BCUT2D eigenvalue weighted by Gasteiger charge is 2.31. The SMILES string of the molecule is CC(C)[NH3+].Cc1noc(Oc2cc(Oc3ccc(C(F)(F)F)cc3Cl)ccc2[N+](=O)[O-])c1C(=O)[O-]. The van der Waals surface area contributed by atoms with Crippen LogP contribution in [0.15, 0.2) is 40.9 Å². The number of alkyl halides is 3. The van der Waals surface area contributed by atoms with Crippen molar-refractivity contribution in [3.05, 3.63) is 68.4 Å². The van der Waals surface area contributed by atoms with Crippen LogP contribution in [-0.2, 0) is 6.18 Å². The number of carbonyl (C=O) groups is 1. The number of rotatable bonds is 6. The molecular formula is C21H19ClF3N3O7. The first-order valence-electron chi connectivity index (χ1n) is 9.72. The number of aromatic nitrogens is 1. The van der Waals surface area contributed by atoms with Crippen molar-refractivity contribution in [2.45, 2.75) is 33.0 Å². The largest absolute Gasteiger partial charge is 0.544 e. The molecule has 188 valence electrons. The number of nitrogens with zero attached hydrogens (tertiary/aromatic N) is 2. The van der Waals surface area contributed by atoms with Crippen molar-refractivity contribution in [1.29, 1.82) is 0 Å². The number of aromatic carboxylic acids is 1. The molecule has 0 bridgehead atoms. The van der Waals surface area contributed by atoms with E-state index < -0.39 is 45.6 Å². The topological polar surface area (TPSA) is 155 Å². The van der Waals surface area contributed by atoms with Crippen molar-refractivity contribution in [2.24, 2.45) is 0 Å². The zero-order chi connectivity index (χ0) is 26.5. The number of nitro benzene ring substituents is 1. The fourth-order valence-electron chi connectivity index (χ4n) is 2.43. The minimum atomic E-state index is -4.61. The molecular weight excluding hydrogens is 499 g/mol. The number of benzene rings is 2. The Morgan fingerprint density at radius 1 is 1.17 bits per heavy atom. The summed E-state index contributed by atoms with van der Waals surface area (Å²) in [7, 11) is 0. The average molecular weight is 518 g/mol. The summed E-state index contributed by atoms with van der Waals surface area (Å²) in [5, 5.41) is 25.5. The standard InChI is InChI=1S/C18H10ClF3N2O7.C3H9N/c1-8-15(16(25)26)17(31-23-8)30-14-7-10(3-4-12(14)24(27)28)29-13-5-2-9(6-11(13)19)18(20,21)22;1-3(2)4/h2-7H,1H3,(H,25,26);3H,4H2,1-2H3. The second kappa shape index (κ2) is 11.1. The fraction of sp³-hybridized carbons (Fsp3) is 0.238. The van der Waals surface area contributed by atoms with Gasteiger partial charge in [0.05, 0.1) is 33.2 Å². The van der Waals surface area contributed by atoms with E-state index in [0.29, 0.717) is 12.1 Å². The van der Waals surface area contributed by atoms with E-state index in [1.165, 1.54) is 6.92 Å². The first-order chi connectivity index (χ1) is 16.2. The number of carboxylic acids is 1. The molecule has 10 nitrogen and oxygen atoms in total. The molecule has 0 fully saturated rings. The first-order valence-corrected chi connectivity index (χ1v) is 10.1. The number of halogens is 4. The van der Waals surface area contributed by atoms with E-state index in [1.54, 1.807) is 0 Å². The lowest BCUT2D eigenvalue weighted by Gasteiger charge is -2.12. The smallest absolute Gasteiger partial charge is 0.416 e. The van der Waals surface area contributed by atoms with Gasteiger partial charge in [-0.25, -0.2) is 0 Å². The van der Waals surface area contributed by atoms with Crippen LogP contribution in [0.5, 0.6) is 23.2 Å². The van der Waals surface area contributed by atoms with Crippen LogP contribution in [-0.4, -0.2) is 22.1 Å². The Bertz CT molecular complexity index is 1230. The van der Waals surface area contributed by atoms with Crippen LogP contribution in [0.25, 0.3) is 0 Å². The van der Waals surface area contributed by atoms with Crippen LogP contribution in [0.4, 0.5) is 18.9 Å². The molecule has 3 aromatic rings. The minimum Gasteiger partial charge on any atom is -0.544 e. The molecule has 14 heteroatoms. The third-order valence-electron chi connectivity index (χ3n) is 3.85. The van der Waals surface area contributed by atoms with E-state index in [1.807, 2.05) is 0 Å². The van der Waals surface area contributed by atoms with Crippen molar-refractivity contribution in [3.8, 4) is 23.2 Å². The maximum Gasteiger partial charge on any atom is 0.416 e. The molecule has 0 amide bonds. The molecule has 0 saturated heterocycles. The van der Waals surface area contributed by atoms with E-state index in [4.69, 9.17) is 25.6 Å². The summed E-state index contributed by atoms with van der Waals surface area (Å²) < 4.78 is 53.6. The molecule has 0 radical (unpaired) electrons. The van der Waals surface area contributed by atoms with Crippen molar-refractivity contribution in [2.75, 3.05) is 0 Å². The number of hydrogen-bond acceptors (Lipinski definition) is 8. The van der Waals surface area contributed by atoms with Crippen LogP contribution in [0.2, 0.25) is 5.02 Å². The Kier molecular flexibility index (Phi) is 8.66. The Hall–Kier alpha value is -3.84. The highest BCUT2D eigenvalue weighted by molar-refractivity contribution is 6.32. The average Bonchev–Trinajstić information content (AvgIpc) is 3.08. The van der Waals surface area contributed by atoms with Gasteiger partial charge in [0, 0.05) is 12.1 Å². The predicted octanol–water partition coefficient (Wildman–Crippen LogP) is 4.15. The summed E-state index contributed by atoms with van der Waals surface area (Å²) >= 11 is 5.84. The van der Waals surface area contributed by atoms with Crippen LogP contribution >= 0.6 is 11.6 Å². The van der Waals surface area contributed by atoms with Gasteiger partial charge in [0.2, 0.25) is 5.75 Å². The molecule has 0 saturated carbocycles. The Labute approximate surface area is 201 Å². The number of carboxylic acid groups (broad SMARTS) is 1. The molecule has 1 heterocycles. The summed E-state index contributed by atoms with van der Waals surface area (Å²) in [6.07, 6.45) is -4.61. The summed E-state index contributed by atoms with van der Waals surface area (Å²) in [6, 6.07) is 6.08. The molecule has 2 aromatic carbocycles. The minimum absolute atomic E-state index is 0.0819. The van der Waals surface area contributed by atoms with Crippen LogP contribution in [0, 0.1) is 17.0 Å². The van der Waals surface area contributed by atoms with E-state index in [2.05, 4.69) is 24.7 Å². The number of carbonyl (C=O) groups excluding carboxylic acids is 1. The van der Waals surface area contributed by atoms with Crippen LogP contribution < -0.4 is 20.3 Å². The Morgan fingerprint density at radius 3 is 2.31 bits per heavy atom. The molecule has 0 unspecified atom stereocenters. The van der Waals surface area contributed by atoms with Gasteiger partial charge in [-0.1, -0.05) is 16.8 Å². The third-order valence-corrected chi connectivity index (χ3v) is 4.15. The molecule has 3 rings (SSSR count). The molecule has 0 aliphatic heterocycles. The van der Waals surface area contributed by atoms with Crippen molar-refractivity contribution < 1.29 is 47.7 Å². The highest BCUT2D eigenvalue weighted by Crippen LogP contribution is 2.40. The zero-order valence-electron chi connectivity index (χ0n) is 18.5. The van der Waals surface area contributed by atoms with E-state index in [9.17, 15) is 33.2 Å². The van der Waals surface area contributed by atoms with Gasteiger partial charge >= 0.3 is 17.8 Å². The fourth-order valence-corrected chi connectivity index (χ4v) is 2.65. The van der Waals surface area contributed by atoms with Crippen molar-refractivity contribution in [1.82, 2.24) is 5.16 Å². The summed E-state index contributed by atoms with van der Waals surface area (Å²) in [4.78, 5) is 21.7. The molecule has 35 heavy (non-hydrogen) atoms. The lowest BCUT2D eigenvalue weighted by molar-refractivity contribution is -0.407. The Morgan fingerprint density at radius 2 is 1.80 bits per heavy atom. The number of nitro groups is 1. The predicted molar refractivity (Wildman–Crippen MR) is 113 cm³/mol. The second-order valence-corrected chi connectivity index (χ2v) is 7.75. The summed E-state index contributed by atoms with van der Waals surface area (Å²) in [5.74, 6) is -3.09. The number of hydrogen-bond donors (Lipinski definition) is 1. The van der Waals surface area contributed by atoms with E-state index in [0.717, 1.165) is 30.3 Å². The van der Waals surface area contributed by atoms with Crippen LogP contribution in [0.1, 0.15) is 35.5 Å². The van der Waals surface area contributed by atoms with Gasteiger partial charge in [-0.3, -0.25) is 10.1 Å². The lowest BCUT2D eigenvalue weighted by Crippen LogP contribution is -2.57. The molecule has 0 aliphatic carbocycles. The molecule has 1 aromatic heterocycles. The number of ether oxygens (including phenoxy) is 2. The van der Waals surface area contributed by atoms with Crippen LogP contribution in [0.3, 0.4) is 0 Å². The maximum absolute atomic E-state index is 12.8. The summed E-state index contributed by atoms with van der Waals surface area (Å²) in [6.45, 7) is 5.40. The van der Waals surface area contributed by atoms with Gasteiger partial charge < -0.3 is 29.6 Å². The maximum atomic E-state index is 12.8. The van der Waals surface area contributed by atoms with Crippen molar-refractivity contribution >= 4 is 23.3 Å². The molecule has 0 aliphatic rings.